The summed E-state index contributed by atoms with van der Waals surface area (Å²) >= 11 is 1.61. The fraction of sp³-hybridized carbons (Fsp3) is 0.607. The molecule has 1 aliphatic rings. The van der Waals surface area contributed by atoms with E-state index in [1.807, 2.05) is 57.5 Å². The van der Waals surface area contributed by atoms with Crippen molar-refractivity contribution in [2.45, 2.75) is 84.5 Å². The minimum Gasteiger partial charge on any atom is -0.391 e. The lowest BCUT2D eigenvalue weighted by Gasteiger charge is -2.35. The van der Waals surface area contributed by atoms with Crippen molar-refractivity contribution in [1.82, 2.24) is 20.5 Å². The van der Waals surface area contributed by atoms with Crippen molar-refractivity contribution in [2.24, 2.45) is 11.1 Å². The maximum atomic E-state index is 13.6. The molecule has 1 fully saturated rings. The molecule has 5 N–H and O–H groups in total. The summed E-state index contributed by atoms with van der Waals surface area (Å²) in [5.41, 5.74) is 10.2. The van der Waals surface area contributed by atoms with E-state index in [2.05, 4.69) is 15.6 Å². The van der Waals surface area contributed by atoms with Gasteiger partial charge in [-0.3, -0.25) is 9.59 Å². The number of hydrogen-bond donors (Lipinski definition) is 4. The monoisotopic (exact) mass is 529 g/mol. The summed E-state index contributed by atoms with van der Waals surface area (Å²) in [6.07, 6.45) is 3.66. The Bertz CT molecular complexity index is 1020. The molecule has 0 radical (unpaired) electrons. The minimum atomic E-state index is -0.710. The third kappa shape index (κ3) is 8.07. The van der Waals surface area contributed by atoms with Crippen molar-refractivity contribution in [3.8, 4) is 10.4 Å². The molecule has 0 aliphatic carbocycles. The molecule has 2 heterocycles. The lowest BCUT2D eigenvalue weighted by atomic mass is 9.85. The molecule has 0 unspecified atom stereocenters. The number of thiazole rings is 1. The molecule has 204 valence electrons. The second-order valence-corrected chi connectivity index (χ2v) is 11.9. The van der Waals surface area contributed by atoms with Crippen LogP contribution in [0.5, 0.6) is 0 Å². The first-order valence-corrected chi connectivity index (χ1v) is 14.2. The highest BCUT2D eigenvalue weighted by Crippen LogP contribution is 2.28. The van der Waals surface area contributed by atoms with Gasteiger partial charge in [-0.25, -0.2) is 4.98 Å². The Morgan fingerprint density at radius 3 is 2.51 bits per heavy atom. The van der Waals surface area contributed by atoms with Crippen molar-refractivity contribution in [2.75, 3.05) is 19.6 Å². The highest BCUT2D eigenvalue weighted by molar-refractivity contribution is 7.13. The summed E-state index contributed by atoms with van der Waals surface area (Å²) < 4.78 is 0. The third-order valence-corrected chi connectivity index (χ3v) is 7.86. The van der Waals surface area contributed by atoms with Crippen molar-refractivity contribution in [3.05, 3.63) is 41.0 Å². The molecular formula is C28H43N5O3S. The van der Waals surface area contributed by atoms with Crippen LogP contribution < -0.4 is 16.4 Å². The lowest BCUT2D eigenvalue weighted by Crippen LogP contribution is -2.56. The number of aryl methyl sites for hydroxylation is 1. The maximum Gasteiger partial charge on any atom is 0.243 e. The summed E-state index contributed by atoms with van der Waals surface area (Å²) in [7, 11) is 0. The maximum absolute atomic E-state index is 13.6. The molecule has 37 heavy (non-hydrogen) atoms. The summed E-state index contributed by atoms with van der Waals surface area (Å²) in [5.74, 6) is -0.364. The van der Waals surface area contributed by atoms with Gasteiger partial charge in [0.15, 0.2) is 0 Å². The Morgan fingerprint density at radius 2 is 1.89 bits per heavy atom. The molecule has 1 aromatic heterocycles. The number of β-amino-alcohol motifs (C(OH)–C–C–N with tert-alkyl or cyclic N) is 1. The molecule has 2 amide bonds. The Balaban J connectivity index is 1.59. The van der Waals surface area contributed by atoms with Crippen molar-refractivity contribution in [1.29, 1.82) is 0 Å². The molecule has 0 saturated carbocycles. The first-order chi connectivity index (χ1) is 17.6. The van der Waals surface area contributed by atoms with Gasteiger partial charge in [-0.05, 0) is 49.4 Å². The van der Waals surface area contributed by atoms with Gasteiger partial charge in [0, 0.05) is 19.5 Å². The Kier molecular flexibility index (Phi) is 10.6. The fourth-order valence-corrected chi connectivity index (χ4v) is 5.58. The van der Waals surface area contributed by atoms with Crippen LogP contribution in [0.4, 0.5) is 0 Å². The summed E-state index contributed by atoms with van der Waals surface area (Å²) in [5, 5.41) is 16.8. The Labute approximate surface area is 225 Å². The molecule has 1 saturated heterocycles. The first-order valence-electron chi connectivity index (χ1n) is 13.3. The van der Waals surface area contributed by atoms with E-state index in [1.165, 1.54) is 0 Å². The molecular weight excluding hydrogens is 486 g/mol. The second kappa shape index (κ2) is 13.5. The number of aliphatic hydroxyl groups is 1. The van der Waals surface area contributed by atoms with E-state index in [9.17, 15) is 14.7 Å². The van der Waals surface area contributed by atoms with Crippen LogP contribution in [0.15, 0.2) is 29.8 Å². The zero-order chi connectivity index (χ0) is 27.0. The summed E-state index contributed by atoms with van der Waals surface area (Å²) in [4.78, 5) is 33.8. The van der Waals surface area contributed by atoms with Gasteiger partial charge in [0.05, 0.1) is 28.2 Å². The first kappa shape index (κ1) is 29.2. The molecule has 9 heteroatoms. The van der Waals surface area contributed by atoms with E-state index in [0.717, 1.165) is 53.9 Å². The largest absolute Gasteiger partial charge is 0.391 e. The molecule has 3 rings (SSSR count). The number of carbonyl (C=O) groups excluding carboxylic acids is 2. The molecule has 0 bridgehead atoms. The summed E-state index contributed by atoms with van der Waals surface area (Å²) in [6.45, 7) is 10.0. The molecule has 1 aliphatic heterocycles. The molecule has 1 aromatic carbocycles. The topological polar surface area (TPSA) is 121 Å². The predicted octanol–water partition coefficient (Wildman–Crippen LogP) is 3.22. The Hall–Kier alpha value is -2.33. The molecule has 0 spiro atoms. The second-order valence-electron chi connectivity index (χ2n) is 11.0. The number of nitrogens with zero attached hydrogens (tertiary/aromatic N) is 2. The van der Waals surface area contributed by atoms with E-state index >= 15 is 0 Å². The van der Waals surface area contributed by atoms with Gasteiger partial charge in [0.25, 0.3) is 0 Å². The van der Waals surface area contributed by atoms with Gasteiger partial charge in [-0.2, -0.15) is 0 Å². The smallest absolute Gasteiger partial charge is 0.243 e. The number of rotatable bonds is 12. The van der Waals surface area contributed by atoms with E-state index in [-0.39, 0.29) is 30.2 Å². The average molecular weight is 530 g/mol. The number of amides is 2. The third-order valence-electron chi connectivity index (χ3n) is 6.89. The molecule has 3 atom stereocenters. The molecule has 8 nitrogen and oxygen atoms in total. The van der Waals surface area contributed by atoms with Gasteiger partial charge in [-0.15, -0.1) is 11.3 Å². The van der Waals surface area contributed by atoms with Gasteiger partial charge in [0.1, 0.15) is 6.04 Å². The van der Waals surface area contributed by atoms with Crippen molar-refractivity contribution in [3.63, 3.8) is 0 Å². The van der Waals surface area contributed by atoms with E-state index in [1.54, 1.807) is 16.2 Å². The van der Waals surface area contributed by atoms with Gasteiger partial charge >= 0.3 is 0 Å². The highest BCUT2D eigenvalue weighted by Gasteiger charge is 2.43. The lowest BCUT2D eigenvalue weighted by molar-refractivity contribution is -0.142. The van der Waals surface area contributed by atoms with Crippen molar-refractivity contribution < 1.29 is 14.7 Å². The fourth-order valence-electron chi connectivity index (χ4n) is 4.76. The van der Waals surface area contributed by atoms with Gasteiger partial charge in [-0.1, -0.05) is 57.9 Å². The van der Waals surface area contributed by atoms with Crippen LogP contribution in [0.3, 0.4) is 0 Å². The highest BCUT2D eigenvalue weighted by atomic mass is 32.1. The van der Waals surface area contributed by atoms with Crippen LogP contribution in [0, 0.1) is 12.3 Å². The van der Waals surface area contributed by atoms with E-state index in [4.69, 9.17) is 5.73 Å². The van der Waals surface area contributed by atoms with Gasteiger partial charge < -0.3 is 26.4 Å². The number of nitrogens with two attached hydrogens (primary N) is 1. The number of unbranched alkanes of at least 4 members (excludes halogenated alkanes) is 3. The number of carbonyl (C=O) groups is 2. The van der Waals surface area contributed by atoms with Crippen LogP contribution in [0.2, 0.25) is 0 Å². The predicted molar refractivity (Wildman–Crippen MR) is 149 cm³/mol. The number of nitrogens with one attached hydrogen (secondary N) is 2. The van der Waals surface area contributed by atoms with Crippen LogP contribution >= 0.6 is 11.3 Å². The number of hydrogen-bond acceptors (Lipinski definition) is 7. The SMILES string of the molecule is Cc1ncsc1-c1ccc(CNC(=O)[C@@H]2C[C@@H](O)CN2C(=O)[C@@H](NCCCCCCN)C(C)(C)C)cc1. The van der Waals surface area contributed by atoms with Crippen LogP contribution in [-0.4, -0.2) is 64.6 Å². The molecule has 2 aromatic rings. The van der Waals surface area contributed by atoms with Crippen molar-refractivity contribution >= 4 is 23.2 Å². The summed E-state index contributed by atoms with van der Waals surface area (Å²) in [6, 6.07) is 6.94. The zero-order valence-corrected chi connectivity index (χ0v) is 23.4. The number of aliphatic hydroxyl groups excluding tert-OH is 1. The Morgan fingerprint density at radius 1 is 1.19 bits per heavy atom. The van der Waals surface area contributed by atoms with Crippen LogP contribution in [0.1, 0.15) is 64.1 Å². The number of likely N-dealkylation sites (tertiary alicyclic amines) is 1. The zero-order valence-electron chi connectivity index (χ0n) is 22.6. The number of benzene rings is 1. The minimum absolute atomic E-state index is 0.129. The normalized spacial score (nSPS) is 18.7. The average Bonchev–Trinajstić information content (AvgIpc) is 3.46. The number of aromatic nitrogens is 1. The standard InChI is InChI=1S/C28H43N5O3S/c1-19-24(37-18-32-19)21-11-9-20(10-12-21)16-31-26(35)23-15-22(34)17-33(23)27(36)25(28(2,3)4)30-14-8-6-5-7-13-29/h9-12,18,22-23,25,30,34H,5-8,13-17,29H2,1-4H3,(H,31,35)/t22-,23+,25-/m1/s1. The van der Waals surface area contributed by atoms with E-state index in [0.29, 0.717) is 13.1 Å². The van der Waals surface area contributed by atoms with Crippen LogP contribution in [-0.2, 0) is 16.1 Å². The van der Waals surface area contributed by atoms with E-state index < -0.39 is 18.2 Å². The van der Waals surface area contributed by atoms with Gasteiger partial charge in [0.2, 0.25) is 11.8 Å². The quantitative estimate of drug-likeness (QED) is 0.313. The van der Waals surface area contributed by atoms with Crippen LogP contribution in [0.25, 0.3) is 10.4 Å².